The van der Waals surface area contributed by atoms with Crippen LogP contribution < -0.4 is 5.56 Å². The Bertz CT molecular complexity index is 1020. The van der Waals surface area contributed by atoms with Gasteiger partial charge in [-0.25, -0.2) is 9.37 Å². The fourth-order valence-corrected chi connectivity index (χ4v) is 3.48. The number of benzene rings is 2. The first-order valence-electron chi connectivity index (χ1n) is 8.02. The molecule has 0 aliphatic rings. The predicted molar refractivity (Wildman–Crippen MR) is 104 cm³/mol. The van der Waals surface area contributed by atoms with Crippen LogP contribution in [0, 0.1) is 12.7 Å². The Hall–Kier alpha value is -2.17. The Morgan fingerprint density at radius 2 is 1.69 bits per heavy atom. The number of nitrogens with zero attached hydrogens (tertiary/aromatic N) is 2. The lowest BCUT2D eigenvalue weighted by molar-refractivity contribution is 0.416. The Kier molecular flexibility index (Phi) is 4.91. The van der Waals surface area contributed by atoms with E-state index in [1.807, 2.05) is 13.8 Å². The molecule has 0 amide bonds. The molecule has 0 bridgehead atoms. The Morgan fingerprint density at radius 3 is 2.31 bits per heavy atom. The van der Waals surface area contributed by atoms with Crippen LogP contribution in [0.2, 0.25) is 10.0 Å². The summed E-state index contributed by atoms with van der Waals surface area (Å²) >= 11 is 12.2. The molecule has 0 spiro atoms. The van der Waals surface area contributed by atoms with Crippen molar-refractivity contribution in [2.24, 2.45) is 0 Å². The molecule has 1 heterocycles. The summed E-state index contributed by atoms with van der Waals surface area (Å²) in [5, 5.41) is 0.950. The molecule has 134 valence electrons. The standard InChI is InChI=1S/C20H17Cl2FN2O/c1-12-18(16-6-4-5-7-17(16)23)19(26)25(11-24-12)20(2,3)13-8-14(21)10-15(22)9-13/h4-11H,1-3H3. The average molecular weight is 391 g/mol. The second kappa shape index (κ2) is 6.86. The van der Waals surface area contributed by atoms with Crippen molar-refractivity contribution in [3.63, 3.8) is 0 Å². The fourth-order valence-electron chi connectivity index (χ4n) is 2.95. The van der Waals surface area contributed by atoms with Gasteiger partial charge in [-0.1, -0.05) is 41.4 Å². The van der Waals surface area contributed by atoms with Crippen molar-refractivity contribution in [3.8, 4) is 11.1 Å². The molecule has 0 aliphatic heterocycles. The second-order valence-corrected chi connectivity index (χ2v) is 7.45. The minimum absolute atomic E-state index is 0.233. The maximum absolute atomic E-state index is 14.3. The largest absolute Gasteiger partial charge is 0.289 e. The number of hydrogen-bond acceptors (Lipinski definition) is 2. The van der Waals surface area contributed by atoms with Crippen LogP contribution in [0.15, 0.2) is 53.6 Å². The molecular weight excluding hydrogens is 374 g/mol. The van der Waals surface area contributed by atoms with E-state index in [-0.39, 0.29) is 16.7 Å². The number of aromatic nitrogens is 2. The minimum Gasteiger partial charge on any atom is -0.289 e. The van der Waals surface area contributed by atoms with Gasteiger partial charge in [0.05, 0.1) is 23.1 Å². The van der Waals surface area contributed by atoms with Gasteiger partial charge in [0, 0.05) is 15.6 Å². The molecule has 0 saturated heterocycles. The molecule has 2 aromatic carbocycles. The molecule has 0 unspecified atom stereocenters. The number of hydrogen-bond donors (Lipinski definition) is 0. The normalized spacial score (nSPS) is 11.6. The molecule has 0 aliphatic carbocycles. The summed E-state index contributed by atoms with van der Waals surface area (Å²) in [5.41, 5.74) is 0.581. The maximum Gasteiger partial charge on any atom is 0.262 e. The van der Waals surface area contributed by atoms with Crippen LogP contribution in [-0.4, -0.2) is 9.55 Å². The molecule has 0 atom stereocenters. The molecule has 0 N–H and O–H groups in total. The van der Waals surface area contributed by atoms with Gasteiger partial charge in [0.25, 0.3) is 5.56 Å². The molecule has 26 heavy (non-hydrogen) atoms. The molecule has 1 aromatic heterocycles. The van der Waals surface area contributed by atoms with Gasteiger partial charge in [-0.2, -0.15) is 0 Å². The van der Waals surface area contributed by atoms with Gasteiger partial charge in [-0.05, 0) is 50.6 Å². The van der Waals surface area contributed by atoms with Crippen molar-refractivity contribution in [1.82, 2.24) is 9.55 Å². The molecule has 3 rings (SSSR count). The lowest BCUT2D eigenvalue weighted by Crippen LogP contribution is -2.38. The van der Waals surface area contributed by atoms with E-state index in [0.717, 1.165) is 5.56 Å². The van der Waals surface area contributed by atoms with Crippen molar-refractivity contribution in [2.75, 3.05) is 0 Å². The molecular formula is C20H17Cl2FN2O. The summed E-state index contributed by atoms with van der Waals surface area (Å²) in [6, 6.07) is 11.3. The monoisotopic (exact) mass is 390 g/mol. The van der Waals surface area contributed by atoms with Crippen LogP contribution >= 0.6 is 23.2 Å². The van der Waals surface area contributed by atoms with Crippen LogP contribution in [0.3, 0.4) is 0 Å². The maximum atomic E-state index is 14.3. The third kappa shape index (κ3) is 3.27. The lowest BCUT2D eigenvalue weighted by atomic mass is 9.93. The van der Waals surface area contributed by atoms with Crippen molar-refractivity contribution >= 4 is 23.2 Å². The summed E-state index contributed by atoms with van der Waals surface area (Å²) in [7, 11) is 0. The SMILES string of the molecule is Cc1ncn(C(C)(C)c2cc(Cl)cc(Cl)c2)c(=O)c1-c1ccccc1F. The van der Waals surface area contributed by atoms with E-state index in [0.29, 0.717) is 15.7 Å². The Morgan fingerprint density at radius 1 is 1.08 bits per heavy atom. The van der Waals surface area contributed by atoms with Crippen molar-refractivity contribution in [1.29, 1.82) is 0 Å². The van der Waals surface area contributed by atoms with Crippen LogP contribution in [0.5, 0.6) is 0 Å². The molecule has 0 saturated carbocycles. The highest BCUT2D eigenvalue weighted by Gasteiger charge is 2.27. The zero-order chi connectivity index (χ0) is 19.1. The highest BCUT2D eigenvalue weighted by atomic mass is 35.5. The fraction of sp³-hybridized carbons (Fsp3) is 0.200. The predicted octanol–water partition coefficient (Wildman–Crippen LogP) is 5.45. The first-order valence-corrected chi connectivity index (χ1v) is 8.77. The quantitative estimate of drug-likeness (QED) is 0.595. The molecule has 6 heteroatoms. The van der Waals surface area contributed by atoms with Gasteiger partial charge < -0.3 is 0 Å². The lowest BCUT2D eigenvalue weighted by Gasteiger charge is -2.29. The second-order valence-electron chi connectivity index (χ2n) is 6.58. The summed E-state index contributed by atoms with van der Waals surface area (Å²) < 4.78 is 15.8. The van der Waals surface area contributed by atoms with E-state index in [9.17, 15) is 9.18 Å². The third-order valence-electron chi connectivity index (χ3n) is 4.48. The van der Waals surface area contributed by atoms with Gasteiger partial charge in [0.15, 0.2) is 0 Å². The molecule has 3 aromatic rings. The summed E-state index contributed by atoms with van der Waals surface area (Å²) in [5.74, 6) is -0.462. The third-order valence-corrected chi connectivity index (χ3v) is 4.91. The highest BCUT2D eigenvalue weighted by Crippen LogP contribution is 2.30. The van der Waals surface area contributed by atoms with Crippen molar-refractivity contribution in [3.05, 3.63) is 86.3 Å². The van der Waals surface area contributed by atoms with E-state index in [1.165, 1.54) is 17.0 Å². The van der Waals surface area contributed by atoms with Crippen molar-refractivity contribution in [2.45, 2.75) is 26.3 Å². The molecule has 0 radical (unpaired) electrons. The number of aryl methyl sites for hydroxylation is 1. The first kappa shape index (κ1) is 18.6. The van der Waals surface area contributed by atoms with Crippen molar-refractivity contribution < 1.29 is 4.39 Å². The Labute approximate surface area is 161 Å². The van der Waals surface area contributed by atoms with Crippen LogP contribution in [0.1, 0.15) is 25.1 Å². The van der Waals surface area contributed by atoms with Crippen LogP contribution in [0.25, 0.3) is 11.1 Å². The van der Waals surface area contributed by atoms with Crippen LogP contribution in [0.4, 0.5) is 4.39 Å². The number of halogens is 3. The number of rotatable bonds is 3. The summed E-state index contributed by atoms with van der Waals surface area (Å²) in [6.45, 7) is 5.41. The van der Waals surface area contributed by atoms with E-state index < -0.39 is 11.4 Å². The summed E-state index contributed by atoms with van der Waals surface area (Å²) in [4.78, 5) is 17.5. The average Bonchev–Trinajstić information content (AvgIpc) is 2.55. The van der Waals surface area contributed by atoms with Gasteiger partial charge in [0.1, 0.15) is 5.82 Å². The van der Waals surface area contributed by atoms with Gasteiger partial charge in [0.2, 0.25) is 0 Å². The zero-order valence-corrected chi connectivity index (χ0v) is 16.1. The highest BCUT2D eigenvalue weighted by molar-refractivity contribution is 6.34. The summed E-state index contributed by atoms with van der Waals surface area (Å²) in [6.07, 6.45) is 1.47. The smallest absolute Gasteiger partial charge is 0.262 e. The molecule has 0 fully saturated rings. The van der Waals surface area contributed by atoms with Gasteiger partial charge in [-0.15, -0.1) is 0 Å². The van der Waals surface area contributed by atoms with E-state index >= 15 is 0 Å². The zero-order valence-electron chi connectivity index (χ0n) is 14.6. The van der Waals surface area contributed by atoms with E-state index in [4.69, 9.17) is 23.2 Å². The van der Waals surface area contributed by atoms with Crippen LogP contribution in [-0.2, 0) is 5.54 Å². The van der Waals surface area contributed by atoms with Gasteiger partial charge in [-0.3, -0.25) is 9.36 Å². The minimum atomic E-state index is -0.785. The molecule has 3 nitrogen and oxygen atoms in total. The first-order chi connectivity index (χ1) is 12.2. The van der Waals surface area contributed by atoms with E-state index in [2.05, 4.69) is 4.98 Å². The van der Waals surface area contributed by atoms with E-state index in [1.54, 1.807) is 43.3 Å². The topological polar surface area (TPSA) is 34.9 Å². The van der Waals surface area contributed by atoms with Gasteiger partial charge >= 0.3 is 0 Å². The Balaban J connectivity index is 2.25.